The van der Waals surface area contributed by atoms with Gasteiger partial charge in [-0.3, -0.25) is 9.59 Å². The van der Waals surface area contributed by atoms with E-state index in [2.05, 4.69) is 10.4 Å². The van der Waals surface area contributed by atoms with Crippen LogP contribution in [0.25, 0.3) is 0 Å². The molecule has 0 radical (unpaired) electrons. The fourth-order valence-electron chi connectivity index (χ4n) is 2.76. The highest BCUT2D eigenvalue weighted by Gasteiger charge is 2.32. The molecule has 0 saturated carbocycles. The van der Waals surface area contributed by atoms with E-state index in [4.69, 9.17) is 0 Å². The Balaban J connectivity index is 1.84. The van der Waals surface area contributed by atoms with E-state index < -0.39 is 18.1 Å². The molecule has 1 aromatic carbocycles. The Labute approximate surface area is 127 Å². The lowest BCUT2D eigenvalue weighted by molar-refractivity contribution is 0.0851. The lowest BCUT2D eigenvalue weighted by Gasteiger charge is -2.17. The molecule has 0 spiro atoms. The van der Waals surface area contributed by atoms with Gasteiger partial charge in [-0.1, -0.05) is 24.3 Å². The molecule has 1 aromatic heterocycles. The van der Waals surface area contributed by atoms with Gasteiger partial charge in [0.1, 0.15) is 5.69 Å². The number of fused-ring (bicyclic) bond motifs is 1. The number of carbonyl (C=O) groups is 1. The predicted molar refractivity (Wildman–Crippen MR) is 80.5 cm³/mol. The highest BCUT2D eigenvalue weighted by Crippen LogP contribution is 2.31. The molecule has 6 nitrogen and oxygen atoms in total. The van der Waals surface area contributed by atoms with Crippen LogP contribution in [0, 0.1) is 0 Å². The number of benzene rings is 1. The number of nitrogens with zero attached hydrogens (tertiary/aromatic N) is 2. The predicted octanol–water partition coefficient (Wildman–Crippen LogP) is 0.651. The first-order valence-electron chi connectivity index (χ1n) is 7.25. The number of nitrogens with one attached hydrogen (secondary N) is 1. The van der Waals surface area contributed by atoms with Crippen LogP contribution in [0.3, 0.4) is 0 Å². The minimum absolute atomic E-state index is 0.165. The van der Waals surface area contributed by atoms with Crippen LogP contribution in [0.5, 0.6) is 0 Å². The third-order valence-corrected chi connectivity index (χ3v) is 3.89. The van der Waals surface area contributed by atoms with Crippen molar-refractivity contribution in [3.63, 3.8) is 0 Å². The van der Waals surface area contributed by atoms with Crippen LogP contribution in [0.2, 0.25) is 0 Å². The van der Waals surface area contributed by atoms with Crippen LogP contribution >= 0.6 is 0 Å². The second kappa shape index (κ2) is 5.73. The van der Waals surface area contributed by atoms with Crippen molar-refractivity contribution >= 4 is 5.91 Å². The van der Waals surface area contributed by atoms with Gasteiger partial charge in [0.2, 0.25) is 0 Å². The van der Waals surface area contributed by atoms with Crippen molar-refractivity contribution in [3.05, 3.63) is 63.6 Å². The molecule has 114 valence electrons. The molecule has 6 heteroatoms. The van der Waals surface area contributed by atoms with Gasteiger partial charge in [-0.15, -0.1) is 0 Å². The first-order valence-corrected chi connectivity index (χ1v) is 7.25. The van der Waals surface area contributed by atoms with Crippen molar-refractivity contribution in [2.24, 2.45) is 0 Å². The minimum Gasteiger partial charge on any atom is -0.390 e. The van der Waals surface area contributed by atoms with Crippen LogP contribution < -0.4 is 10.9 Å². The Hall–Kier alpha value is -2.47. The number of carbonyl (C=O) groups excluding carboxylic acids is 1. The quantitative estimate of drug-likeness (QED) is 0.871. The summed E-state index contributed by atoms with van der Waals surface area (Å²) < 4.78 is 1.23. The third-order valence-electron chi connectivity index (χ3n) is 3.89. The first-order chi connectivity index (χ1) is 10.6. The molecule has 0 aliphatic heterocycles. The molecule has 1 aliphatic carbocycles. The normalized spacial score (nSPS) is 19.7. The molecular weight excluding hydrogens is 282 g/mol. The maximum Gasteiger partial charge on any atom is 0.272 e. The van der Waals surface area contributed by atoms with Gasteiger partial charge in [0, 0.05) is 19.0 Å². The molecule has 1 amide bonds. The molecule has 2 atom stereocenters. The zero-order valence-electron chi connectivity index (χ0n) is 12.2. The highest BCUT2D eigenvalue weighted by molar-refractivity contribution is 5.92. The van der Waals surface area contributed by atoms with Crippen LogP contribution in [0.4, 0.5) is 0 Å². The average molecular weight is 299 g/mol. The number of aromatic nitrogens is 2. The van der Waals surface area contributed by atoms with Crippen molar-refractivity contribution in [1.29, 1.82) is 0 Å². The number of amides is 1. The summed E-state index contributed by atoms with van der Waals surface area (Å²) in [5.74, 6) is -0.400. The van der Waals surface area contributed by atoms with Crippen LogP contribution in [0.1, 0.15) is 34.6 Å². The van der Waals surface area contributed by atoms with E-state index in [0.717, 1.165) is 11.1 Å². The summed E-state index contributed by atoms with van der Waals surface area (Å²) in [6.45, 7) is 2.18. The van der Waals surface area contributed by atoms with Gasteiger partial charge in [0.15, 0.2) is 0 Å². The van der Waals surface area contributed by atoms with Gasteiger partial charge in [-0.2, -0.15) is 5.10 Å². The second-order valence-corrected chi connectivity index (χ2v) is 5.29. The van der Waals surface area contributed by atoms with Gasteiger partial charge in [0.25, 0.3) is 11.5 Å². The van der Waals surface area contributed by atoms with Crippen molar-refractivity contribution in [3.8, 4) is 0 Å². The molecule has 2 aromatic rings. The number of hydrogen-bond acceptors (Lipinski definition) is 4. The Morgan fingerprint density at radius 2 is 2.14 bits per heavy atom. The van der Waals surface area contributed by atoms with Crippen LogP contribution in [-0.4, -0.2) is 26.9 Å². The van der Waals surface area contributed by atoms with Gasteiger partial charge in [-0.25, -0.2) is 4.68 Å². The smallest absolute Gasteiger partial charge is 0.272 e. The largest absolute Gasteiger partial charge is 0.390 e. The molecule has 22 heavy (non-hydrogen) atoms. The monoisotopic (exact) mass is 299 g/mol. The molecule has 1 heterocycles. The maximum absolute atomic E-state index is 12.3. The van der Waals surface area contributed by atoms with E-state index in [1.54, 1.807) is 6.92 Å². The zero-order chi connectivity index (χ0) is 15.7. The summed E-state index contributed by atoms with van der Waals surface area (Å²) in [4.78, 5) is 23.8. The minimum atomic E-state index is -0.654. The van der Waals surface area contributed by atoms with E-state index in [1.165, 1.54) is 16.8 Å². The molecule has 1 aliphatic rings. The van der Waals surface area contributed by atoms with E-state index in [0.29, 0.717) is 13.0 Å². The van der Waals surface area contributed by atoms with Crippen LogP contribution in [0.15, 0.2) is 41.2 Å². The summed E-state index contributed by atoms with van der Waals surface area (Å²) in [7, 11) is 0. The van der Waals surface area contributed by atoms with Gasteiger partial charge in [0.05, 0.1) is 12.1 Å². The van der Waals surface area contributed by atoms with E-state index in [1.807, 2.05) is 24.3 Å². The SMILES string of the molecule is CCn1nc(C(=O)NC2c3ccccc3CC2O)ccc1=O. The topological polar surface area (TPSA) is 84.2 Å². The summed E-state index contributed by atoms with van der Waals surface area (Å²) in [5.41, 5.74) is 1.88. The number of rotatable bonds is 3. The summed E-state index contributed by atoms with van der Waals surface area (Å²) in [6, 6.07) is 9.91. The molecule has 3 rings (SSSR count). The maximum atomic E-state index is 12.3. The van der Waals surface area contributed by atoms with Gasteiger partial charge < -0.3 is 10.4 Å². The average Bonchev–Trinajstić information content (AvgIpc) is 2.84. The third kappa shape index (κ3) is 2.53. The number of aliphatic hydroxyl groups excluding tert-OH is 1. The Bertz CT molecular complexity index is 769. The van der Waals surface area contributed by atoms with E-state index in [9.17, 15) is 14.7 Å². The van der Waals surface area contributed by atoms with Gasteiger partial charge in [-0.05, 0) is 24.1 Å². The van der Waals surface area contributed by atoms with Crippen molar-refractivity contribution in [2.75, 3.05) is 0 Å². The first kappa shape index (κ1) is 14.5. The molecule has 2 N–H and O–H groups in total. The lowest BCUT2D eigenvalue weighted by Crippen LogP contribution is -2.35. The Kier molecular flexibility index (Phi) is 3.77. The molecule has 0 bridgehead atoms. The van der Waals surface area contributed by atoms with Gasteiger partial charge >= 0.3 is 0 Å². The van der Waals surface area contributed by atoms with Crippen LogP contribution in [-0.2, 0) is 13.0 Å². The number of aliphatic hydroxyl groups is 1. The Morgan fingerprint density at radius 3 is 2.91 bits per heavy atom. The fourth-order valence-corrected chi connectivity index (χ4v) is 2.76. The lowest BCUT2D eigenvalue weighted by atomic mass is 10.1. The zero-order valence-corrected chi connectivity index (χ0v) is 12.2. The summed E-state index contributed by atoms with van der Waals surface area (Å²) >= 11 is 0. The highest BCUT2D eigenvalue weighted by atomic mass is 16.3. The summed E-state index contributed by atoms with van der Waals surface area (Å²) in [5, 5.41) is 17.0. The van der Waals surface area contributed by atoms with E-state index in [-0.39, 0.29) is 11.3 Å². The molecule has 2 unspecified atom stereocenters. The molecular formula is C16H17N3O3. The standard InChI is InChI=1S/C16H17N3O3/c1-2-19-14(21)8-7-12(18-19)16(22)17-15-11-6-4-3-5-10(11)9-13(15)20/h3-8,13,15,20H,2,9H2,1H3,(H,17,22). The fraction of sp³-hybridized carbons (Fsp3) is 0.312. The Morgan fingerprint density at radius 1 is 1.36 bits per heavy atom. The van der Waals surface area contributed by atoms with E-state index >= 15 is 0 Å². The molecule has 0 saturated heterocycles. The van der Waals surface area contributed by atoms with Crippen molar-refractivity contribution < 1.29 is 9.90 Å². The second-order valence-electron chi connectivity index (χ2n) is 5.29. The van der Waals surface area contributed by atoms with Crippen molar-refractivity contribution in [1.82, 2.24) is 15.1 Å². The number of aryl methyl sites for hydroxylation is 1. The van der Waals surface area contributed by atoms with Crippen molar-refractivity contribution in [2.45, 2.75) is 32.0 Å². The summed E-state index contributed by atoms with van der Waals surface area (Å²) in [6.07, 6.45) is -0.137. The number of hydrogen-bond donors (Lipinski definition) is 2. The molecule has 0 fully saturated rings.